The molecule has 0 aliphatic carbocycles. The molecule has 0 spiro atoms. The Bertz CT molecular complexity index is 687. The van der Waals surface area contributed by atoms with E-state index in [4.69, 9.17) is 4.42 Å². The van der Waals surface area contributed by atoms with Gasteiger partial charge in [-0.2, -0.15) is 0 Å². The zero-order valence-corrected chi connectivity index (χ0v) is 13.9. The molecule has 1 unspecified atom stereocenters. The zero-order chi connectivity index (χ0) is 16.4. The summed E-state index contributed by atoms with van der Waals surface area (Å²) in [5.41, 5.74) is 1.26. The third-order valence-corrected chi connectivity index (χ3v) is 5.09. The van der Waals surface area contributed by atoms with Gasteiger partial charge < -0.3 is 19.3 Å². The van der Waals surface area contributed by atoms with Crippen LogP contribution in [0.5, 0.6) is 0 Å². The van der Waals surface area contributed by atoms with Gasteiger partial charge in [-0.3, -0.25) is 0 Å². The van der Waals surface area contributed by atoms with E-state index in [1.54, 1.807) is 12.6 Å². The molecule has 1 fully saturated rings. The molecule has 128 valence electrons. The van der Waals surface area contributed by atoms with Crippen molar-refractivity contribution >= 4 is 11.6 Å². The van der Waals surface area contributed by atoms with Gasteiger partial charge in [-0.15, -0.1) is 0 Å². The number of hydrogen-bond donors (Lipinski definition) is 1. The number of fused-ring (bicyclic) bond motifs is 1. The lowest BCUT2D eigenvalue weighted by Crippen LogP contribution is -2.37. The maximum Gasteiger partial charge on any atom is 0.134 e. The second-order valence-corrected chi connectivity index (χ2v) is 6.77. The highest BCUT2D eigenvalue weighted by Crippen LogP contribution is 2.27. The molecule has 1 N–H and O–H groups in total. The molecule has 1 saturated heterocycles. The molecular formula is C18H24N4O2. The van der Waals surface area contributed by atoms with Crippen LogP contribution in [0.4, 0.5) is 11.6 Å². The van der Waals surface area contributed by atoms with Crippen LogP contribution < -0.4 is 9.80 Å². The molecular weight excluding hydrogens is 304 g/mol. The van der Waals surface area contributed by atoms with E-state index >= 15 is 0 Å². The molecule has 1 atom stereocenters. The molecule has 0 bridgehead atoms. The standard InChI is InChI=1S/C18H24N4O2/c23-12-14-3-1-6-21(10-14)17-9-18(20-13-19-17)22-7-2-4-16-15(11-22)5-8-24-16/h5,8-9,13-14,23H,1-4,6-7,10-12H2. The van der Waals surface area contributed by atoms with E-state index in [9.17, 15) is 5.11 Å². The van der Waals surface area contributed by atoms with Crippen LogP contribution in [0, 0.1) is 5.92 Å². The number of aromatic nitrogens is 2. The maximum atomic E-state index is 9.44. The molecule has 0 aromatic carbocycles. The van der Waals surface area contributed by atoms with E-state index in [-0.39, 0.29) is 6.61 Å². The van der Waals surface area contributed by atoms with Crippen LogP contribution >= 0.6 is 0 Å². The summed E-state index contributed by atoms with van der Waals surface area (Å²) in [4.78, 5) is 13.6. The Kier molecular flexibility index (Phi) is 4.38. The van der Waals surface area contributed by atoms with Gasteiger partial charge in [-0.25, -0.2) is 9.97 Å². The van der Waals surface area contributed by atoms with Crippen molar-refractivity contribution in [2.75, 3.05) is 36.0 Å². The minimum absolute atomic E-state index is 0.254. The van der Waals surface area contributed by atoms with Crippen LogP contribution in [-0.4, -0.2) is 41.3 Å². The van der Waals surface area contributed by atoms with Crippen molar-refractivity contribution in [2.45, 2.75) is 32.2 Å². The third-order valence-electron chi connectivity index (χ3n) is 5.09. The Balaban J connectivity index is 1.54. The number of aryl methyl sites for hydroxylation is 1. The highest BCUT2D eigenvalue weighted by atomic mass is 16.3. The van der Waals surface area contributed by atoms with Gasteiger partial charge in [-0.05, 0) is 31.2 Å². The summed E-state index contributed by atoms with van der Waals surface area (Å²) in [7, 11) is 0. The summed E-state index contributed by atoms with van der Waals surface area (Å²) in [5, 5.41) is 9.44. The van der Waals surface area contributed by atoms with E-state index in [1.165, 1.54) is 5.56 Å². The molecule has 6 nitrogen and oxygen atoms in total. The SMILES string of the molecule is OCC1CCCN(c2cc(N3CCCc4occc4C3)ncn2)C1. The lowest BCUT2D eigenvalue weighted by molar-refractivity contribution is 0.208. The van der Waals surface area contributed by atoms with Gasteiger partial charge in [0.2, 0.25) is 0 Å². The van der Waals surface area contributed by atoms with Crippen molar-refractivity contribution in [1.82, 2.24) is 9.97 Å². The lowest BCUT2D eigenvalue weighted by Gasteiger charge is -2.33. The van der Waals surface area contributed by atoms with Crippen LogP contribution in [0.2, 0.25) is 0 Å². The average molecular weight is 328 g/mol. The predicted octanol–water partition coefficient (Wildman–Crippen LogP) is 2.23. The second kappa shape index (κ2) is 6.81. The third kappa shape index (κ3) is 3.11. The summed E-state index contributed by atoms with van der Waals surface area (Å²) in [6, 6.07) is 4.15. The monoisotopic (exact) mass is 328 g/mol. The van der Waals surface area contributed by atoms with E-state index in [0.717, 1.165) is 69.3 Å². The molecule has 24 heavy (non-hydrogen) atoms. The van der Waals surface area contributed by atoms with Crippen LogP contribution in [0.15, 0.2) is 29.1 Å². The summed E-state index contributed by atoms with van der Waals surface area (Å²) >= 11 is 0. The van der Waals surface area contributed by atoms with E-state index in [2.05, 4.69) is 31.9 Å². The van der Waals surface area contributed by atoms with Crippen molar-refractivity contribution in [1.29, 1.82) is 0 Å². The van der Waals surface area contributed by atoms with Crippen molar-refractivity contribution < 1.29 is 9.52 Å². The van der Waals surface area contributed by atoms with Crippen LogP contribution in [0.1, 0.15) is 30.6 Å². The van der Waals surface area contributed by atoms with Gasteiger partial charge >= 0.3 is 0 Å². The van der Waals surface area contributed by atoms with Crippen molar-refractivity contribution in [2.24, 2.45) is 5.92 Å². The largest absolute Gasteiger partial charge is 0.469 e. The zero-order valence-electron chi connectivity index (χ0n) is 13.9. The smallest absolute Gasteiger partial charge is 0.134 e. The van der Waals surface area contributed by atoms with Gasteiger partial charge in [0.05, 0.1) is 6.26 Å². The summed E-state index contributed by atoms with van der Waals surface area (Å²) < 4.78 is 5.57. The fraction of sp³-hybridized carbons (Fsp3) is 0.556. The van der Waals surface area contributed by atoms with Gasteiger partial charge in [-0.1, -0.05) is 0 Å². The number of aliphatic hydroxyl groups is 1. The Labute approximate surface area is 142 Å². The van der Waals surface area contributed by atoms with Gasteiger partial charge in [0, 0.05) is 50.8 Å². The molecule has 2 aliphatic rings. The summed E-state index contributed by atoms with van der Waals surface area (Å²) in [5.74, 6) is 3.40. The predicted molar refractivity (Wildman–Crippen MR) is 92.1 cm³/mol. The molecule has 2 aromatic rings. The quantitative estimate of drug-likeness (QED) is 0.932. The Morgan fingerprint density at radius 1 is 1.17 bits per heavy atom. The fourth-order valence-electron chi connectivity index (χ4n) is 3.74. The second-order valence-electron chi connectivity index (χ2n) is 6.77. The highest BCUT2D eigenvalue weighted by Gasteiger charge is 2.22. The van der Waals surface area contributed by atoms with Crippen LogP contribution in [0.3, 0.4) is 0 Å². The van der Waals surface area contributed by atoms with Crippen molar-refractivity contribution in [3.63, 3.8) is 0 Å². The summed E-state index contributed by atoms with van der Waals surface area (Å²) in [6.07, 6.45) is 7.70. The molecule has 2 aromatic heterocycles. The summed E-state index contributed by atoms with van der Waals surface area (Å²) in [6.45, 7) is 3.93. The first-order valence-corrected chi connectivity index (χ1v) is 8.81. The molecule has 2 aliphatic heterocycles. The number of nitrogens with zero attached hydrogens (tertiary/aromatic N) is 4. The first-order valence-electron chi connectivity index (χ1n) is 8.81. The van der Waals surface area contributed by atoms with Crippen LogP contribution in [0.25, 0.3) is 0 Å². The average Bonchev–Trinajstić information content (AvgIpc) is 2.98. The van der Waals surface area contributed by atoms with E-state index in [0.29, 0.717) is 5.92 Å². The Morgan fingerprint density at radius 3 is 2.88 bits per heavy atom. The molecule has 4 heterocycles. The number of aliphatic hydroxyl groups excluding tert-OH is 1. The normalized spacial score (nSPS) is 21.5. The van der Waals surface area contributed by atoms with Crippen molar-refractivity contribution in [3.8, 4) is 0 Å². The van der Waals surface area contributed by atoms with E-state index in [1.807, 2.05) is 0 Å². The topological polar surface area (TPSA) is 65.6 Å². The number of furan rings is 1. The molecule has 0 saturated carbocycles. The fourth-order valence-corrected chi connectivity index (χ4v) is 3.74. The van der Waals surface area contributed by atoms with Gasteiger partial charge in [0.15, 0.2) is 0 Å². The lowest BCUT2D eigenvalue weighted by atomic mass is 9.99. The molecule has 6 heteroatoms. The molecule has 0 radical (unpaired) electrons. The number of anilines is 2. The first-order chi connectivity index (χ1) is 11.8. The molecule has 4 rings (SSSR count). The minimum Gasteiger partial charge on any atom is -0.469 e. The Hall–Kier alpha value is -2.08. The highest BCUT2D eigenvalue weighted by molar-refractivity contribution is 5.51. The first kappa shape index (κ1) is 15.4. The number of hydrogen-bond acceptors (Lipinski definition) is 6. The number of rotatable bonds is 3. The Morgan fingerprint density at radius 2 is 2.00 bits per heavy atom. The van der Waals surface area contributed by atoms with Gasteiger partial charge in [0.25, 0.3) is 0 Å². The van der Waals surface area contributed by atoms with Crippen molar-refractivity contribution in [3.05, 3.63) is 36.0 Å². The van der Waals surface area contributed by atoms with Gasteiger partial charge in [0.1, 0.15) is 23.7 Å². The maximum absolute atomic E-state index is 9.44. The van der Waals surface area contributed by atoms with E-state index < -0.39 is 0 Å². The van der Waals surface area contributed by atoms with Crippen LogP contribution in [-0.2, 0) is 13.0 Å². The number of piperidine rings is 1. The molecule has 0 amide bonds. The minimum atomic E-state index is 0.254.